The molecule has 0 saturated carbocycles. The summed E-state index contributed by atoms with van der Waals surface area (Å²) in [6.45, 7) is 22.2. The van der Waals surface area contributed by atoms with Gasteiger partial charge in [0.05, 0.1) is 6.04 Å². The van der Waals surface area contributed by atoms with Crippen molar-refractivity contribution in [1.29, 1.82) is 0 Å². The first-order valence-electron chi connectivity index (χ1n) is 10.6. The molecule has 0 rings (SSSR count). The van der Waals surface area contributed by atoms with Crippen molar-refractivity contribution >= 4 is 30.0 Å². The third-order valence-corrected chi connectivity index (χ3v) is 17.1. The number of ketones is 1. The molecule has 0 saturated heterocycles. The van der Waals surface area contributed by atoms with Crippen molar-refractivity contribution in [2.24, 2.45) is 0 Å². The second-order valence-corrected chi connectivity index (χ2v) is 22.7. The molecule has 0 aromatic rings. The zero-order chi connectivity index (χ0) is 24.0. The molecule has 0 aliphatic heterocycles. The van der Waals surface area contributed by atoms with Gasteiger partial charge in [0.25, 0.3) is 0 Å². The lowest BCUT2D eigenvalue weighted by Crippen LogP contribution is -2.50. The summed E-state index contributed by atoms with van der Waals surface area (Å²) >= 11 is 0. The van der Waals surface area contributed by atoms with Crippen LogP contribution in [0, 0.1) is 0 Å². The van der Waals surface area contributed by atoms with Gasteiger partial charge in [0.15, 0.2) is 14.1 Å². The molecule has 0 radical (unpaired) electrons. The van der Waals surface area contributed by atoms with Crippen molar-refractivity contribution < 1.29 is 27.4 Å². The van der Waals surface area contributed by atoms with E-state index in [2.05, 4.69) is 73.2 Å². The second-order valence-electron chi connectivity index (χ2n) is 10.9. The monoisotopic (exact) mass is 483 g/mol. The largest absolute Gasteiger partial charge is 0.417 e. The fourth-order valence-electron chi connectivity index (χ4n) is 1.99. The molecule has 7 nitrogen and oxygen atoms in total. The smallest absolute Gasteiger partial charge is 0.337 e. The second kappa shape index (κ2) is 11.3. The summed E-state index contributed by atoms with van der Waals surface area (Å²) in [4.78, 5) is 12.9. The number of hydroxylamine groups is 1. The van der Waals surface area contributed by atoms with Gasteiger partial charge in [-0.25, -0.2) is 5.48 Å². The Labute approximate surface area is 186 Å². The Bertz CT molecular complexity index is 591. The Morgan fingerprint density at radius 1 is 0.933 bits per heavy atom. The predicted molar refractivity (Wildman–Crippen MR) is 129 cm³/mol. The molecule has 0 fully saturated rings. The van der Waals surface area contributed by atoms with Crippen LogP contribution in [-0.4, -0.2) is 55.4 Å². The van der Waals surface area contributed by atoms with E-state index in [1.54, 1.807) is 0 Å². The number of rotatable bonds is 13. The van der Waals surface area contributed by atoms with Crippen molar-refractivity contribution in [2.75, 3.05) is 27.0 Å². The topological polar surface area (TPSA) is 83.1 Å². The van der Waals surface area contributed by atoms with Crippen LogP contribution in [0.3, 0.4) is 0 Å². The van der Waals surface area contributed by atoms with E-state index in [1.807, 2.05) is 0 Å². The minimum atomic E-state index is -3.43. The van der Waals surface area contributed by atoms with Crippen LogP contribution in [0.1, 0.15) is 54.4 Å². The minimum absolute atomic E-state index is 0.00655. The molecule has 1 N–H and O–H groups in total. The maximum absolute atomic E-state index is 12.9. The van der Waals surface area contributed by atoms with Crippen molar-refractivity contribution in [1.82, 2.24) is 5.48 Å². The van der Waals surface area contributed by atoms with Gasteiger partial charge < -0.3 is 18.0 Å². The third-order valence-electron chi connectivity index (χ3n) is 6.46. The van der Waals surface area contributed by atoms with Gasteiger partial charge >= 0.3 is 7.60 Å². The lowest BCUT2D eigenvalue weighted by molar-refractivity contribution is -0.121. The van der Waals surface area contributed by atoms with E-state index in [-0.39, 0.29) is 22.0 Å². The Balaban J connectivity index is 5.16. The van der Waals surface area contributed by atoms with E-state index in [4.69, 9.17) is 18.0 Å². The summed E-state index contributed by atoms with van der Waals surface area (Å²) in [5, 5.41) is 0.128. The first-order chi connectivity index (χ1) is 13.3. The van der Waals surface area contributed by atoms with Gasteiger partial charge in [-0.3, -0.25) is 9.36 Å². The SMILES string of the molecule is COP(=O)(CC(=O)[C@H](CCCO[Si](C)(C)C(C)(C)C)NO[Si](C)(C)C(C)(C)C)OC. The van der Waals surface area contributed by atoms with Crippen molar-refractivity contribution in [3.05, 3.63) is 0 Å². The number of nitrogens with one attached hydrogen (secondary N) is 1. The van der Waals surface area contributed by atoms with E-state index in [0.29, 0.717) is 19.4 Å². The highest BCUT2D eigenvalue weighted by Crippen LogP contribution is 2.46. The van der Waals surface area contributed by atoms with Crippen LogP contribution >= 0.6 is 7.60 Å². The molecule has 0 amide bonds. The number of hydrogen-bond acceptors (Lipinski definition) is 7. The van der Waals surface area contributed by atoms with Crippen molar-refractivity contribution in [3.63, 3.8) is 0 Å². The number of hydrogen-bond donors (Lipinski definition) is 1. The number of Topliss-reactive ketones (excluding diaryl/α,β-unsaturated/α-hetero) is 1. The summed E-state index contributed by atoms with van der Waals surface area (Å²) in [6, 6.07) is -0.597. The third kappa shape index (κ3) is 9.32. The Kier molecular flexibility index (Phi) is 11.4. The highest BCUT2D eigenvalue weighted by atomic mass is 31.2. The van der Waals surface area contributed by atoms with E-state index in [1.165, 1.54) is 14.2 Å². The van der Waals surface area contributed by atoms with E-state index in [9.17, 15) is 9.36 Å². The molecular weight excluding hydrogens is 437 g/mol. The van der Waals surface area contributed by atoms with Crippen LogP contribution in [0.4, 0.5) is 0 Å². The van der Waals surface area contributed by atoms with Crippen molar-refractivity contribution in [3.8, 4) is 0 Å². The van der Waals surface area contributed by atoms with Gasteiger partial charge in [-0.15, -0.1) is 0 Å². The van der Waals surface area contributed by atoms with Gasteiger partial charge in [-0.1, -0.05) is 41.5 Å². The summed E-state index contributed by atoms with van der Waals surface area (Å²) < 4.78 is 34.7. The molecule has 180 valence electrons. The summed E-state index contributed by atoms with van der Waals surface area (Å²) in [5.74, 6) is -0.243. The molecule has 0 aliphatic carbocycles. The van der Waals surface area contributed by atoms with E-state index in [0.717, 1.165) is 0 Å². The Morgan fingerprint density at radius 2 is 1.40 bits per heavy atom. The van der Waals surface area contributed by atoms with Gasteiger partial charge in [0.1, 0.15) is 6.16 Å². The van der Waals surface area contributed by atoms with E-state index < -0.39 is 30.3 Å². The fourth-order valence-corrected chi connectivity index (χ4v) is 4.83. The van der Waals surface area contributed by atoms with Crippen molar-refractivity contribution in [2.45, 2.75) is 96.7 Å². The standard InChI is InChI=1S/C20H46NO6PSi2/c1-19(2,3)29(9,10)26-15-13-14-17(18(22)16-28(23,24-7)25-8)21-27-30(11,12)20(4,5)6/h17,21H,13-16H2,1-12H3/t17-/m0/s1. The van der Waals surface area contributed by atoms with E-state index >= 15 is 0 Å². The molecule has 10 heteroatoms. The maximum atomic E-state index is 12.9. The van der Waals surface area contributed by atoms with Gasteiger partial charge in [-0.2, -0.15) is 0 Å². The summed E-state index contributed by atoms with van der Waals surface area (Å²) in [7, 11) is -4.80. The maximum Gasteiger partial charge on any atom is 0.337 e. The Morgan fingerprint density at radius 3 is 1.80 bits per heavy atom. The quantitative estimate of drug-likeness (QED) is 0.155. The molecule has 1 atom stereocenters. The van der Waals surface area contributed by atoms with Crippen LogP contribution < -0.4 is 5.48 Å². The molecule has 0 aliphatic rings. The van der Waals surface area contributed by atoms with Crippen LogP contribution in [0.5, 0.6) is 0 Å². The molecule has 0 aromatic heterocycles. The van der Waals surface area contributed by atoms with Gasteiger partial charge in [0, 0.05) is 20.8 Å². The van der Waals surface area contributed by atoms with Gasteiger partial charge in [-0.05, 0) is 49.1 Å². The lowest BCUT2D eigenvalue weighted by atomic mass is 10.1. The zero-order valence-corrected chi connectivity index (χ0v) is 24.2. The average Bonchev–Trinajstić information content (AvgIpc) is 2.58. The Hall–Kier alpha value is 0.134. The zero-order valence-electron chi connectivity index (χ0n) is 21.3. The van der Waals surface area contributed by atoms with Gasteiger partial charge in [0.2, 0.25) is 8.32 Å². The number of carbonyl (C=O) groups excluding carboxylic acids is 1. The number of carbonyl (C=O) groups is 1. The lowest BCUT2D eigenvalue weighted by Gasteiger charge is -2.37. The van der Waals surface area contributed by atoms with Crippen LogP contribution in [0.2, 0.25) is 36.3 Å². The highest BCUT2D eigenvalue weighted by molar-refractivity contribution is 7.54. The molecule has 0 unspecified atom stereocenters. The molecule has 0 aromatic carbocycles. The highest BCUT2D eigenvalue weighted by Gasteiger charge is 2.40. The molecule has 0 heterocycles. The first kappa shape index (κ1) is 30.1. The van der Waals surface area contributed by atoms with Crippen LogP contribution in [-0.2, 0) is 27.4 Å². The summed E-state index contributed by atoms with van der Waals surface area (Å²) in [6.07, 6.45) is 0.929. The molecule has 30 heavy (non-hydrogen) atoms. The molecular formula is C20H46NO6PSi2. The predicted octanol–water partition coefficient (Wildman–Crippen LogP) is 5.74. The molecule has 0 bridgehead atoms. The first-order valence-corrected chi connectivity index (χ1v) is 18.2. The summed E-state index contributed by atoms with van der Waals surface area (Å²) in [5.41, 5.74) is 3.00. The average molecular weight is 484 g/mol. The van der Waals surface area contributed by atoms with Crippen LogP contribution in [0.15, 0.2) is 0 Å². The molecule has 0 spiro atoms. The fraction of sp³-hybridized carbons (Fsp3) is 0.950. The minimum Gasteiger partial charge on any atom is -0.417 e. The van der Waals surface area contributed by atoms with Crippen LogP contribution in [0.25, 0.3) is 0 Å². The normalized spacial score (nSPS) is 15.3.